The van der Waals surface area contributed by atoms with Gasteiger partial charge in [0.15, 0.2) is 5.13 Å². The Bertz CT molecular complexity index is 430. The van der Waals surface area contributed by atoms with Crippen LogP contribution in [0.25, 0.3) is 0 Å². The standard InChI is InChI=1S/C14H23N3OS/c1-3-12-13(8-15-11-4-5-11)19-14(16-12)17-6-7-18-10(2)9-17/h10-11,15H,3-9H2,1-2H3. The molecule has 4 nitrogen and oxygen atoms in total. The number of nitrogens with zero attached hydrogens (tertiary/aromatic N) is 2. The lowest BCUT2D eigenvalue weighted by Crippen LogP contribution is -2.41. The molecule has 1 atom stereocenters. The third kappa shape index (κ3) is 3.27. The highest BCUT2D eigenvalue weighted by Gasteiger charge is 2.23. The fourth-order valence-corrected chi connectivity index (χ4v) is 3.57. The Hall–Kier alpha value is -0.650. The fourth-order valence-electron chi connectivity index (χ4n) is 2.44. The third-order valence-electron chi connectivity index (χ3n) is 3.74. The molecule has 3 rings (SSSR count). The SMILES string of the molecule is CCc1nc(N2CCOC(C)C2)sc1CNC1CC1. The summed E-state index contributed by atoms with van der Waals surface area (Å²) in [6, 6.07) is 0.763. The summed E-state index contributed by atoms with van der Waals surface area (Å²) >= 11 is 1.86. The van der Waals surface area contributed by atoms with Crippen LogP contribution in [0, 0.1) is 0 Å². The molecule has 1 unspecified atom stereocenters. The number of aromatic nitrogens is 1. The van der Waals surface area contributed by atoms with Gasteiger partial charge in [-0.05, 0) is 26.2 Å². The van der Waals surface area contributed by atoms with Gasteiger partial charge in [0, 0.05) is 30.6 Å². The van der Waals surface area contributed by atoms with Gasteiger partial charge in [-0.25, -0.2) is 4.98 Å². The van der Waals surface area contributed by atoms with Crippen LogP contribution < -0.4 is 10.2 Å². The highest BCUT2D eigenvalue weighted by atomic mass is 32.1. The number of thiazole rings is 1. The van der Waals surface area contributed by atoms with Crippen molar-refractivity contribution >= 4 is 16.5 Å². The number of aryl methyl sites for hydroxylation is 1. The molecule has 1 saturated carbocycles. The van der Waals surface area contributed by atoms with Gasteiger partial charge >= 0.3 is 0 Å². The Morgan fingerprint density at radius 1 is 1.47 bits per heavy atom. The zero-order valence-electron chi connectivity index (χ0n) is 11.8. The van der Waals surface area contributed by atoms with Crippen LogP contribution in [0.15, 0.2) is 0 Å². The Labute approximate surface area is 119 Å². The van der Waals surface area contributed by atoms with Crippen LogP contribution in [0.1, 0.15) is 37.3 Å². The first-order chi connectivity index (χ1) is 9.26. The molecule has 1 aromatic rings. The normalized spacial score (nSPS) is 23.9. The van der Waals surface area contributed by atoms with E-state index in [-0.39, 0.29) is 0 Å². The van der Waals surface area contributed by atoms with E-state index in [4.69, 9.17) is 9.72 Å². The summed E-state index contributed by atoms with van der Waals surface area (Å²) in [6.07, 6.45) is 4.02. The van der Waals surface area contributed by atoms with Crippen LogP contribution in [-0.2, 0) is 17.7 Å². The van der Waals surface area contributed by atoms with Crippen LogP contribution in [-0.4, -0.2) is 36.8 Å². The van der Waals surface area contributed by atoms with Crippen molar-refractivity contribution in [1.82, 2.24) is 10.3 Å². The zero-order valence-corrected chi connectivity index (χ0v) is 12.6. The molecular weight excluding hydrogens is 258 g/mol. The van der Waals surface area contributed by atoms with E-state index < -0.39 is 0 Å². The summed E-state index contributed by atoms with van der Waals surface area (Å²) in [6.45, 7) is 8.07. The maximum atomic E-state index is 5.60. The minimum Gasteiger partial charge on any atom is -0.375 e. The number of rotatable bonds is 5. The molecule has 1 N–H and O–H groups in total. The van der Waals surface area contributed by atoms with Crippen molar-refractivity contribution in [3.05, 3.63) is 10.6 Å². The average molecular weight is 281 g/mol. The van der Waals surface area contributed by atoms with E-state index >= 15 is 0 Å². The topological polar surface area (TPSA) is 37.4 Å². The number of ether oxygens (including phenoxy) is 1. The number of hydrogen-bond donors (Lipinski definition) is 1. The second kappa shape index (κ2) is 5.77. The molecular formula is C14H23N3OS. The average Bonchev–Trinajstić information content (AvgIpc) is 3.15. The van der Waals surface area contributed by atoms with Gasteiger partial charge in [0.1, 0.15) is 0 Å². The van der Waals surface area contributed by atoms with E-state index in [1.165, 1.54) is 28.5 Å². The molecule has 2 heterocycles. The van der Waals surface area contributed by atoms with Crippen LogP contribution >= 0.6 is 11.3 Å². The molecule has 2 aliphatic rings. The van der Waals surface area contributed by atoms with Gasteiger partial charge in [0.05, 0.1) is 18.4 Å². The maximum Gasteiger partial charge on any atom is 0.185 e. The quantitative estimate of drug-likeness (QED) is 0.897. The first kappa shape index (κ1) is 13.3. The molecule has 0 radical (unpaired) electrons. The van der Waals surface area contributed by atoms with Gasteiger partial charge in [-0.3, -0.25) is 0 Å². The van der Waals surface area contributed by atoms with Gasteiger partial charge in [0.25, 0.3) is 0 Å². The predicted octanol–water partition coefficient (Wildman–Crippen LogP) is 2.18. The molecule has 0 aromatic carbocycles. The molecule has 1 aromatic heterocycles. The van der Waals surface area contributed by atoms with Gasteiger partial charge in [-0.2, -0.15) is 0 Å². The summed E-state index contributed by atoms with van der Waals surface area (Å²) in [7, 11) is 0. The monoisotopic (exact) mass is 281 g/mol. The number of nitrogens with one attached hydrogen (secondary N) is 1. The van der Waals surface area contributed by atoms with Crippen LogP contribution in [0.4, 0.5) is 5.13 Å². The Morgan fingerprint density at radius 2 is 2.32 bits per heavy atom. The lowest BCUT2D eigenvalue weighted by Gasteiger charge is -2.30. The highest BCUT2D eigenvalue weighted by molar-refractivity contribution is 7.15. The van der Waals surface area contributed by atoms with Crippen LogP contribution in [0.5, 0.6) is 0 Å². The van der Waals surface area contributed by atoms with Crippen molar-refractivity contribution in [1.29, 1.82) is 0 Å². The molecule has 2 fully saturated rings. The first-order valence-corrected chi connectivity index (χ1v) is 8.16. The van der Waals surface area contributed by atoms with Crippen molar-refractivity contribution in [3.8, 4) is 0 Å². The summed E-state index contributed by atoms with van der Waals surface area (Å²) in [4.78, 5) is 8.63. The van der Waals surface area contributed by atoms with Crippen LogP contribution in [0.2, 0.25) is 0 Å². The maximum absolute atomic E-state index is 5.60. The van der Waals surface area contributed by atoms with E-state index in [1.54, 1.807) is 0 Å². The minimum absolute atomic E-state index is 0.316. The minimum atomic E-state index is 0.316. The van der Waals surface area contributed by atoms with Gasteiger partial charge in [0.2, 0.25) is 0 Å². The predicted molar refractivity (Wildman–Crippen MR) is 79.0 cm³/mol. The molecule has 19 heavy (non-hydrogen) atoms. The van der Waals surface area contributed by atoms with Crippen molar-refractivity contribution in [2.24, 2.45) is 0 Å². The molecule has 1 aliphatic heterocycles. The van der Waals surface area contributed by atoms with Gasteiger partial charge in [-0.1, -0.05) is 6.92 Å². The molecule has 1 aliphatic carbocycles. The number of anilines is 1. The van der Waals surface area contributed by atoms with E-state index in [0.29, 0.717) is 6.10 Å². The summed E-state index contributed by atoms with van der Waals surface area (Å²) < 4.78 is 5.60. The first-order valence-electron chi connectivity index (χ1n) is 7.34. The van der Waals surface area contributed by atoms with Crippen molar-refractivity contribution < 1.29 is 4.74 Å². The summed E-state index contributed by atoms with van der Waals surface area (Å²) in [5.41, 5.74) is 1.27. The molecule has 0 bridgehead atoms. The summed E-state index contributed by atoms with van der Waals surface area (Å²) in [5.74, 6) is 0. The molecule has 1 saturated heterocycles. The Kier molecular flexibility index (Phi) is 4.05. The second-order valence-corrected chi connectivity index (χ2v) is 6.56. The fraction of sp³-hybridized carbons (Fsp3) is 0.786. The number of morpholine rings is 1. The molecule has 0 spiro atoms. The van der Waals surface area contributed by atoms with Crippen LogP contribution in [0.3, 0.4) is 0 Å². The molecule has 0 amide bonds. The van der Waals surface area contributed by atoms with E-state index in [9.17, 15) is 0 Å². The molecule has 5 heteroatoms. The van der Waals surface area contributed by atoms with Crippen molar-refractivity contribution in [2.45, 2.75) is 51.8 Å². The number of hydrogen-bond acceptors (Lipinski definition) is 5. The van der Waals surface area contributed by atoms with Gasteiger partial charge < -0.3 is 15.0 Å². The summed E-state index contributed by atoms with van der Waals surface area (Å²) in [5, 5.41) is 4.78. The highest BCUT2D eigenvalue weighted by Crippen LogP contribution is 2.29. The lowest BCUT2D eigenvalue weighted by atomic mass is 10.3. The zero-order chi connectivity index (χ0) is 13.2. The van der Waals surface area contributed by atoms with E-state index in [1.807, 2.05) is 11.3 Å². The Balaban J connectivity index is 1.69. The van der Waals surface area contributed by atoms with E-state index in [2.05, 4.69) is 24.1 Å². The third-order valence-corrected chi connectivity index (χ3v) is 4.90. The smallest absolute Gasteiger partial charge is 0.185 e. The van der Waals surface area contributed by atoms with Gasteiger partial charge in [-0.15, -0.1) is 11.3 Å². The lowest BCUT2D eigenvalue weighted by molar-refractivity contribution is 0.0532. The Morgan fingerprint density at radius 3 is 3.00 bits per heavy atom. The van der Waals surface area contributed by atoms with E-state index in [0.717, 1.165) is 38.7 Å². The van der Waals surface area contributed by atoms with Crippen molar-refractivity contribution in [2.75, 3.05) is 24.6 Å². The van der Waals surface area contributed by atoms with Crippen molar-refractivity contribution in [3.63, 3.8) is 0 Å². The largest absolute Gasteiger partial charge is 0.375 e. The second-order valence-electron chi connectivity index (χ2n) is 5.50. The molecule has 106 valence electrons.